The molecule has 18 heavy (non-hydrogen) atoms. The second-order valence-electron chi connectivity index (χ2n) is 3.69. The lowest BCUT2D eigenvalue weighted by Crippen LogP contribution is -1.94. The van der Waals surface area contributed by atoms with Crippen LogP contribution in [0.5, 0.6) is 0 Å². The molecule has 0 atom stereocenters. The summed E-state index contributed by atoms with van der Waals surface area (Å²) in [5, 5.41) is 0. The minimum atomic E-state index is -0.886. The lowest BCUT2D eigenvalue weighted by molar-refractivity contribution is 0.588. The van der Waals surface area contributed by atoms with Crippen molar-refractivity contribution >= 4 is 5.83 Å². The Morgan fingerprint density at radius 2 is 1.56 bits per heavy atom. The SMILES string of the molecule is C=C(F)c1ccc(F)cc1-c1c(F)cccc1F. The van der Waals surface area contributed by atoms with Crippen LogP contribution in [-0.2, 0) is 0 Å². The van der Waals surface area contributed by atoms with Gasteiger partial charge in [0.05, 0.1) is 5.56 Å². The summed E-state index contributed by atoms with van der Waals surface area (Å²) in [6.07, 6.45) is 0. The van der Waals surface area contributed by atoms with Crippen molar-refractivity contribution in [3.8, 4) is 11.1 Å². The molecular weight excluding hydrogens is 244 g/mol. The maximum absolute atomic E-state index is 13.6. The molecule has 0 amide bonds. The molecule has 0 fully saturated rings. The zero-order valence-electron chi connectivity index (χ0n) is 9.18. The smallest absolute Gasteiger partial charge is 0.134 e. The molecule has 0 spiro atoms. The van der Waals surface area contributed by atoms with E-state index in [9.17, 15) is 17.6 Å². The molecule has 0 nitrogen and oxygen atoms in total. The van der Waals surface area contributed by atoms with E-state index in [1.807, 2.05) is 0 Å². The zero-order valence-corrected chi connectivity index (χ0v) is 9.18. The lowest BCUT2D eigenvalue weighted by Gasteiger charge is -2.10. The van der Waals surface area contributed by atoms with E-state index in [0.717, 1.165) is 30.3 Å². The highest BCUT2D eigenvalue weighted by atomic mass is 19.1. The molecule has 4 heteroatoms. The van der Waals surface area contributed by atoms with Gasteiger partial charge in [0.1, 0.15) is 23.3 Å². The van der Waals surface area contributed by atoms with Crippen LogP contribution in [0.15, 0.2) is 43.0 Å². The van der Waals surface area contributed by atoms with Crippen LogP contribution in [0.4, 0.5) is 17.6 Å². The van der Waals surface area contributed by atoms with Gasteiger partial charge < -0.3 is 0 Å². The van der Waals surface area contributed by atoms with Crippen molar-refractivity contribution in [2.45, 2.75) is 0 Å². The number of hydrogen-bond donors (Lipinski definition) is 0. The second-order valence-corrected chi connectivity index (χ2v) is 3.69. The van der Waals surface area contributed by atoms with Crippen LogP contribution in [0.1, 0.15) is 5.56 Å². The fourth-order valence-electron chi connectivity index (χ4n) is 1.71. The average molecular weight is 252 g/mol. The first-order valence-electron chi connectivity index (χ1n) is 5.09. The maximum atomic E-state index is 13.6. The van der Waals surface area contributed by atoms with Gasteiger partial charge in [-0.1, -0.05) is 12.6 Å². The third-order valence-corrected chi connectivity index (χ3v) is 2.51. The predicted octanol–water partition coefficient (Wildman–Crippen LogP) is 4.71. The van der Waals surface area contributed by atoms with Gasteiger partial charge in [0, 0.05) is 11.1 Å². The van der Waals surface area contributed by atoms with Gasteiger partial charge in [-0.3, -0.25) is 0 Å². The van der Waals surface area contributed by atoms with E-state index in [1.54, 1.807) is 0 Å². The van der Waals surface area contributed by atoms with Gasteiger partial charge >= 0.3 is 0 Å². The second kappa shape index (κ2) is 4.64. The Kier molecular flexibility index (Phi) is 3.19. The highest BCUT2D eigenvalue weighted by molar-refractivity contribution is 5.78. The normalized spacial score (nSPS) is 10.4. The third-order valence-electron chi connectivity index (χ3n) is 2.51. The van der Waals surface area contributed by atoms with E-state index in [4.69, 9.17) is 0 Å². The van der Waals surface area contributed by atoms with Crippen molar-refractivity contribution in [1.82, 2.24) is 0 Å². The van der Waals surface area contributed by atoms with Crippen LogP contribution in [-0.4, -0.2) is 0 Å². The molecule has 0 unspecified atom stereocenters. The highest BCUT2D eigenvalue weighted by Crippen LogP contribution is 2.33. The molecule has 0 radical (unpaired) electrons. The molecule has 0 saturated heterocycles. The molecule has 2 aromatic carbocycles. The molecule has 0 aliphatic rings. The minimum absolute atomic E-state index is 0.139. The first-order chi connectivity index (χ1) is 8.50. The maximum Gasteiger partial charge on any atom is 0.134 e. The molecule has 0 bridgehead atoms. The van der Waals surface area contributed by atoms with E-state index in [2.05, 4.69) is 6.58 Å². The molecular formula is C14H8F4. The summed E-state index contributed by atoms with van der Waals surface area (Å²) in [6, 6.07) is 6.20. The van der Waals surface area contributed by atoms with Crippen LogP contribution in [0.25, 0.3) is 17.0 Å². The lowest BCUT2D eigenvalue weighted by atomic mass is 9.98. The zero-order chi connectivity index (χ0) is 13.3. The Labute approximate surface area is 101 Å². The van der Waals surface area contributed by atoms with Crippen LogP contribution in [0.3, 0.4) is 0 Å². The topological polar surface area (TPSA) is 0 Å². The molecule has 0 saturated carbocycles. The van der Waals surface area contributed by atoms with E-state index >= 15 is 0 Å². The summed E-state index contributed by atoms with van der Waals surface area (Å²) in [7, 11) is 0. The molecule has 0 heterocycles. The molecule has 0 aromatic heterocycles. The fourth-order valence-corrected chi connectivity index (χ4v) is 1.71. The highest BCUT2D eigenvalue weighted by Gasteiger charge is 2.16. The van der Waals surface area contributed by atoms with Gasteiger partial charge in [-0.05, 0) is 30.3 Å². The fraction of sp³-hybridized carbons (Fsp3) is 0. The van der Waals surface area contributed by atoms with Crippen molar-refractivity contribution < 1.29 is 17.6 Å². The molecule has 92 valence electrons. The molecule has 0 N–H and O–H groups in total. The Balaban J connectivity index is 2.77. The third kappa shape index (κ3) is 2.14. The summed E-state index contributed by atoms with van der Waals surface area (Å²) in [4.78, 5) is 0. The number of benzene rings is 2. The standard InChI is InChI=1S/C14H8F4/c1-8(15)10-6-5-9(16)7-11(10)14-12(17)3-2-4-13(14)18/h2-7H,1H2. The van der Waals surface area contributed by atoms with E-state index in [0.29, 0.717) is 0 Å². The van der Waals surface area contributed by atoms with Crippen molar-refractivity contribution in [1.29, 1.82) is 0 Å². The van der Waals surface area contributed by atoms with Gasteiger partial charge in [0.2, 0.25) is 0 Å². The molecule has 2 aromatic rings. The average Bonchev–Trinajstić information content (AvgIpc) is 2.28. The van der Waals surface area contributed by atoms with E-state index in [1.165, 1.54) is 6.07 Å². The van der Waals surface area contributed by atoms with E-state index in [-0.39, 0.29) is 11.1 Å². The van der Waals surface area contributed by atoms with Crippen molar-refractivity contribution in [3.63, 3.8) is 0 Å². The van der Waals surface area contributed by atoms with Crippen LogP contribution < -0.4 is 0 Å². The van der Waals surface area contributed by atoms with E-state index < -0.39 is 28.8 Å². The molecule has 0 aliphatic carbocycles. The summed E-state index contributed by atoms with van der Waals surface area (Å²) in [5.74, 6) is -3.36. The summed E-state index contributed by atoms with van der Waals surface area (Å²) < 4.78 is 53.6. The van der Waals surface area contributed by atoms with Gasteiger partial charge in [0.15, 0.2) is 0 Å². The van der Waals surface area contributed by atoms with Gasteiger partial charge in [-0.15, -0.1) is 0 Å². The van der Waals surface area contributed by atoms with Crippen molar-refractivity contribution in [3.05, 3.63) is 66.0 Å². The first kappa shape index (κ1) is 12.4. The Morgan fingerprint density at radius 1 is 0.944 bits per heavy atom. The van der Waals surface area contributed by atoms with Crippen LogP contribution >= 0.6 is 0 Å². The van der Waals surface area contributed by atoms with Gasteiger partial charge in [0.25, 0.3) is 0 Å². The number of halogens is 4. The largest absolute Gasteiger partial charge is 0.207 e. The monoisotopic (exact) mass is 252 g/mol. The Bertz CT molecular complexity index is 597. The van der Waals surface area contributed by atoms with Crippen LogP contribution in [0, 0.1) is 17.5 Å². The minimum Gasteiger partial charge on any atom is -0.207 e. The van der Waals surface area contributed by atoms with Crippen molar-refractivity contribution in [2.75, 3.05) is 0 Å². The summed E-state index contributed by atoms with van der Waals surface area (Å²) >= 11 is 0. The summed E-state index contributed by atoms with van der Waals surface area (Å²) in [6.45, 7) is 3.07. The predicted molar refractivity (Wildman–Crippen MR) is 61.9 cm³/mol. The molecule has 0 aliphatic heterocycles. The number of rotatable bonds is 2. The molecule has 2 rings (SSSR count). The Morgan fingerprint density at radius 3 is 2.11 bits per heavy atom. The quantitative estimate of drug-likeness (QED) is 0.679. The van der Waals surface area contributed by atoms with Crippen molar-refractivity contribution in [2.24, 2.45) is 0 Å². The number of hydrogen-bond acceptors (Lipinski definition) is 0. The first-order valence-corrected chi connectivity index (χ1v) is 5.09. The van der Waals surface area contributed by atoms with Crippen LogP contribution in [0.2, 0.25) is 0 Å². The Hall–Kier alpha value is -2.10. The summed E-state index contributed by atoms with van der Waals surface area (Å²) in [5.41, 5.74) is -0.802. The van der Waals surface area contributed by atoms with Gasteiger partial charge in [-0.25, -0.2) is 17.6 Å². The van der Waals surface area contributed by atoms with Gasteiger partial charge in [-0.2, -0.15) is 0 Å².